The van der Waals surface area contributed by atoms with Crippen molar-refractivity contribution in [2.45, 2.75) is 51.6 Å². The fourth-order valence-electron chi connectivity index (χ4n) is 3.58. The SMILES string of the molecule is [2H]C([2H])([2H])c1ccc2ccc(N3C(=O)c4ccccc4[C@@H]3CC(=O)CC([2H])([2H])C(C)(C)O)nc2n1. The molecule has 0 saturated carbocycles. The minimum absolute atomic E-state index is 0.119. The highest BCUT2D eigenvalue weighted by molar-refractivity contribution is 6.11. The number of fused-ring (bicyclic) bond motifs is 2. The second kappa shape index (κ2) is 7.61. The Hall–Kier alpha value is -3.12. The smallest absolute Gasteiger partial charge is 0.260 e. The summed E-state index contributed by atoms with van der Waals surface area (Å²) < 4.78 is 39.0. The van der Waals surface area contributed by atoms with Crippen LogP contribution in [0.15, 0.2) is 48.5 Å². The molecule has 0 radical (unpaired) electrons. The van der Waals surface area contributed by atoms with E-state index in [2.05, 4.69) is 9.97 Å². The molecule has 1 N–H and O–H groups in total. The Morgan fingerprint density at radius 2 is 1.97 bits per heavy atom. The summed E-state index contributed by atoms with van der Waals surface area (Å²) in [7, 11) is 0. The number of anilines is 1. The zero-order valence-electron chi connectivity index (χ0n) is 21.7. The van der Waals surface area contributed by atoms with Gasteiger partial charge in [-0.2, -0.15) is 0 Å². The van der Waals surface area contributed by atoms with Crippen LogP contribution < -0.4 is 4.90 Å². The molecule has 154 valence electrons. The number of aryl methyl sites for hydroxylation is 1. The Morgan fingerprint density at radius 1 is 1.20 bits per heavy atom. The molecule has 3 heterocycles. The summed E-state index contributed by atoms with van der Waals surface area (Å²) in [6.45, 7) is 0.195. The molecular weight excluding hydrogens is 378 g/mol. The fraction of sp³-hybridized carbons (Fsp3) is 0.333. The largest absolute Gasteiger partial charge is 0.390 e. The van der Waals surface area contributed by atoms with Crippen molar-refractivity contribution in [2.75, 3.05) is 4.90 Å². The normalized spacial score (nSPS) is 19.6. The first-order chi connectivity index (χ1) is 16.2. The second-order valence-corrected chi connectivity index (χ2v) is 7.85. The van der Waals surface area contributed by atoms with Gasteiger partial charge in [0.2, 0.25) is 0 Å². The molecular formula is C24H25N3O3. The number of hydrogen-bond acceptors (Lipinski definition) is 5. The van der Waals surface area contributed by atoms with Crippen molar-refractivity contribution >= 4 is 28.5 Å². The number of ketones is 1. The van der Waals surface area contributed by atoms with Gasteiger partial charge in [0.1, 0.15) is 11.6 Å². The first kappa shape index (κ1) is 14.8. The minimum atomic E-state index is -2.42. The molecule has 6 heteroatoms. The Kier molecular flexibility index (Phi) is 3.75. The first-order valence-electron chi connectivity index (χ1n) is 12.1. The fourth-order valence-corrected chi connectivity index (χ4v) is 3.58. The second-order valence-electron chi connectivity index (χ2n) is 7.85. The number of aliphatic hydroxyl groups is 1. The standard InChI is InChI=1S/C24H25N3O3/c1-15-8-9-16-10-11-21(26-22(16)25-15)27-20(14-17(28)12-13-24(2,3)30)18-6-4-5-7-19(18)23(27)29/h4-11,20,30H,12-14H2,1-3H3/t20-/m0/s1/i1D3,13D2. The molecule has 30 heavy (non-hydrogen) atoms. The van der Waals surface area contributed by atoms with Gasteiger partial charge in [-0.25, -0.2) is 9.97 Å². The number of carbonyl (C=O) groups excluding carboxylic acids is 2. The number of Topliss-reactive ketones (excluding diaryl/α,β-unsaturated/α-hetero) is 1. The van der Waals surface area contributed by atoms with Crippen LogP contribution in [0.2, 0.25) is 0 Å². The summed E-state index contributed by atoms with van der Waals surface area (Å²) in [6.07, 6.45) is -2.86. The maximum absolute atomic E-state index is 13.3. The molecule has 0 bridgehead atoms. The average molecular weight is 409 g/mol. The van der Waals surface area contributed by atoms with Gasteiger partial charge in [-0.3, -0.25) is 14.5 Å². The molecule has 1 aliphatic rings. The lowest BCUT2D eigenvalue weighted by Gasteiger charge is -2.25. The van der Waals surface area contributed by atoms with Gasteiger partial charge in [0.15, 0.2) is 5.65 Å². The first-order valence-corrected chi connectivity index (χ1v) is 9.64. The number of pyridine rings is 2. The molecule has 4 rings (SSSR count). The third kappa shape index (κ3) is 3.96. The summed E-state index contributed by atoms with van der Waals surface area (Å²) in [5.74, 6) is -0.625. The maximum Gasteiger partial charge on any atom is 0.260 e. The summed E-state index contributed by atoms with van der Waals surface area (Å²) >= 11 is 0. The molecule has 1 aromatic carbocycles. The molecule has 2 aromatic heterocycles. The lowest BCUT2D eigenvalue weighted by Crippen LogP contribution is -2.30. The monoisotopic (exact) mass is 408 g/mol. The van der Waals surface area contributed by atoms with Gasteiger partial charge in [0, 0.05) is 36.3 Å². The van der Waals surface area contributed by atoms with Crippen molar-refractivity contribution in [3.8, 4) is 0 Å². The van der Waals surface area contributed by atoms with Crippen LogP contribution in [0.3, 0.4) is 0 Å². The number of amides is 1. The van der Waals surface area contributed by atoms with Gasteiger partial charge in [-0.15, -0.1) is 0 Å². The Balaban J connectivity index is 1.73. The van der Waals surface area contributed by atoms with Crippen molar-refractivity contribution < 1.29 is 21.5 Å². The molecule has 6 nitrogen and oxygen atoms in total. The quantitative estimate of drug-likeness (QED) is 0.662. The van der Waals surface area contributed by atoms with E-state index >= 15 is 0 Å². The molecule has 1 amide bonds. The van der Waals surface area contributed by atoms with Gasteiger partial charge in [0.25, 0.3) is 5.91 Å². The van der Waals surface area contributed by atoms with Crippen molar-refractivity contribution in [1.29, 1.82) is 0 Å². The van der Waals surface area contributed by atoms with E-state index in [1.165, 1.54) is 24.8 Å². The molecule has 0 unspecified atom stereocenters. The Morgan fingerprint density at radius 3 is 2.73 bits per heavy atom. The maximum atomic E-state index is 13.3. The topological polar surface area (TPSA) is 83.4 Å². The highest BCUT2D eigenvalue weighted by Gasteiger charge is 2.39. The molecule has 3 aromatic rings. The molecule has 0 spiro atoms. The van der Waals surface area contributed by atoms with Crippen LogP contribution >= 0.6 is 0 Å². The van der Waals surface area contributed by atoms with E-state index in [4.69, 9.17) is 6.85 Å². The van der Waals surface area contributed by atoms with E-state index in [0.717, 1.165) is 0 Å². The molecule has 0 saturated heterocycles. The van der Waals surface area contributed by atoms with Gasteiger partial charge in [-0.05, 0) is 63.0 Å². The van der Waals surface area contributed by atoms with E-state index in [0.29, 0.717) is 16.5 Å². The lowest BCUT2D eigenvalue weighted by atomic mass is 9.95. The van der Waals surface area contributed by atoms with E-state index < -0.39 is 37.1 Å². The highest BCUT2D eigenvalue weighted by atomic mass is 16.3. The van der Waals surface area contributed by atoms with Gasteiger partial charge < -0.3 is 5.11 Å². The average Bonchev–Trinajstić information content (AvgIpc) is 3.03. The number of benzene rings is 1. The molecule has 0 aliphatic carbocycles. The molecule has 1 aliphatic heterocycles. The molecule has 0 fully saturated rings. The van der Waals surface area contributed by atoms with Crippen molar-refractivity contribution in [3.05, 3.63) is 65.4 Å². The third-order valence-corrected chi connectivity index (χ3v) is 5.00. The van der Waals surface area contributed by atoms with E-state index in [1.807, 2.05) is 0 Å². The predicted molar refractivity (Wildman–Crippen MR) is 115 cm³/mol. The number of hydrogen-bond donors (Lipinski definition) is 1. The lowest BCUT2D eigenvalue weighted by molar-refractivity contribution is -0.120. The van der Waals surface area contributed by atoms with Crippen LogP contribution in [-0.2, 0) is 4.79 Å². The number of aromatic nitrogens is 2. The van der Waals surface area contributed by atoms with Crippen molar-refractivity contribution in [2.24, 2.45) is 0 Å². The van der Waals surface area contributed by atoms with Crippen LogP contribution in [0.1, 0.15) is 67.6 Å². The van der Waals surface area contributed by atoms with Crippen LogP contribution in [0.5, 0.6) is 0 Å². The Labute approximate surface area is 182 Å². The number of carbonyl (C=O) groups is 2. The van der Waals surface area contributed by atoms with Crippen LogP contribution in [-0.4, -0.2) is 32.4 Å². The highest BCUT2D eigenvalue weighted by Crippen LogP contribution is 2.39. The summed E-state index contributed by atoms with van der Waals surface area (Å²) in [6, 6.07) is 12.4. The zero-order chi connectivity index (χ0) is 25.8. The predicted octanol–water partition coefficient (Wildman–Crippen LogP) is 4.15. The van der Waals surface area contributed by atoms with E-state index in [1.54, 1.807) is 42.5 Å². The number of rotatable bonds is 6. The zero-order valence-corrected chi connectivity index (χ0v) is 16.7. The van der Waals surface area contributed by atoms with E-state index in [9.17, 15) is 14.7 Å². The van der Waals surface area contributed by atoms with Gasteiger partial charge >= 0.3 is 0 Å². The summed E-state index contributed by atoms with van der Waals surface area (Å²) in [4.78, 5) is 36.3. The van der Waals surface area contributed by atoms with Crippen LogP contribution in [0.25, 0.3) is 11.0 Å². The molecule has 1 atom stereocenters. The van der Waals surface area contributed by atoms with E-state index in [-0.39, 0.29) is 29.5 Å². The Bertz CT molecular complexity index is 1320. The number of nitrogens with zero attached hydrogens (tertiary/aromatic N) is 3. The van der Waals surface area contributed by atoms with Gasteiger partial charge in [0.05, 0.1) is 11.6 Å². The summed E-state index contributed by atoms with van der Waals surface area (Å²) in [5, 5.41) is 10.7. The van der Waals surface area contributed by atoms with Crippen molar-refractivity contribution in [1.82, 2.24) is 9.97 Å². The van der Waals surface area contributed by atoms with Crippen molar-refractivity contribution in [3.63, 3.8) is 0 Å². The van der Waals surface area contributed by atoms with Crippen LogP contribution in [0, 0.1) is 6.85 Å². The van der Waals surface area contributed by atoms with Crippen LogP contribution in [0.4, 0.5) is 5.82 Å². The van der Waals surface area contributed by atoms with Gasteiger partial charge in [-0.1, -0.05) is 18.2 Å². The third-order valence-electron chi connectivity index (χ3n) is 5.00. The minimum Gasteiger partial charge on any atom is -0.390 e. The summed E-state index contributed by atoms with van der Waals surface area (Å²) in [5.41, 5.74) is -0.671.